The van der Waals surface area contributed by atoms with Crippen molar-refractivity contribution in [1.82, 2.24) is 14.8 Å². The van der Waals surface area contributed by atoms with Crippen LogP contribution < -0.4 is 5.63 Å². The van der Waals surface area contributed by atoms with Gasteiger partial charge < -0.3 is 8.98 Å². The van der Waals surface area contributed by atoms with Crippen LogP contribution in [0.5, 0.6) is 0 Å². The molecule has 0 bridgehead atoms. The molecule has 4 aromatic rings. The molecule has 1 saturated carbocycles. The van der Waals surface area contributed by atoms with Gasteiger partial charge in [0.2, 0.25) is 0 Å². The van der Waals surface area contributed by atoms with E-state index in [0.717, 1.165) is 33.9 Å². The minimum absolute atomic E-state index is 0.304. The van der Waals surface area contributed by atoms with Crippen LogP contribution in [0.15, 0.2) is 50.1 Å². The van der Waals surface area contributed by atoms with E-state index in [9.17, 15) is 4.79 Å². The number of benzene rings is 1. The van der Waals surface area contributed by atoms with Gasteiger partial charge in [-0.15, -0.1) is 21.5 Å². The highest BCUT2D eigenvalue weighted by molar-refractivity contribution is 7.98. The molecule has 0 amide bonds. The Hall–Kier alpha value is -2.38. The lowest BCUT2D eigenvalue weighted by atomic mass is 9.95. The highest BCUT2D eigenvalue weighted by Gasteiger charge is 2.29. The van der Waals surface area contributed by atoms with Crippen LogP contribution in [-0.4, -0.2) is 14.8 Å². The molecule has 1 aliphatic carbocycles. The van der Waals surface area contributed by atoms with E-state index in [-0.39, 0.29) is 5.63 Å². The molecule has 7 heteroatoms. The standard InChI is InChI=1S/C24H25N3O2S2/c1-14(2)19-12-20-16(10-23(28)29-21(20)9-15(19)3)13-31-24-26-25-22(27(24)17-6-7-17)11-18-5-4-8-30-18/h4-5,8-10,12,14,17H,6-7,11,13H2,1-3H3. The maximum atomic E-state index is 12.2. The van der Waals surface area contributed by atoms with Gasteiger partial charge in [0.15, 0.2) is 5.16 Å². The maximum absolute atomic E-state index is 12.2. The van der Waals surface area contributed by atoms with Crippen LogP contribution in [-0.2, 0) is 12.2 Å². The van der Waals surface area contributed by atoms with E-state index in [1.54, 1.807) is 29.2 Å². The van der Waals surface area contributed by atoms with Crippen LogP contribution in [0.1, 0.15) is 66.0 Å². The van der Waals surface area contributed by atoms with Gasteiger partial charge in [-0.2, -0.15) is 0 Å². The second-order valence-corrected chi connectivity index (χ2v) is 10.5. The van der Waals surface area contributed by atoms with Crippen molar-refractivity contribution < 1.29 is 4.42 Å². The summed E-state index contributed by atoms with van der Waals surface area (Å²) in [5.41, 5.74) is 3.78. The number of hydrogen-bond donors (Lipinski definition) is 0. The molecule has 5 rings (SSSR count). The summed E-state index contributed by atoms with van der Waals surface area (Å²) in [5.74, 6) is 2.10. The number of nitrogens with zero attached hydrogens (tertiary/aromatic N) is 3. The Bertz CT molecular complexity index is 1280. The van der Waals surface area contributed by atoms with Crippen molar-refractivity contribution in [2.75, 3.05) is 0 Å². The van der Waals surface area contributed by atoms with Crippen LogP contribution in [0, 0.1) is 6.92 Å². The van der Waals surface area contributed by atoms with E-state index in [1.807, 2.05) is 6.07 Å². The number of hydrogen-bond acceptors (Lipinski definition) is 6. The summed E-state index contributed by atoms with van der Waals surface area (Å²) in [7, 11) is 0. The van der Waals surface area contributed by atoms with Crippen molar-refractivity contribution in [3.05, 3.63) is 73.5 Å². The summed E-state index contributed by atoms with van der Waals surface area (Å²) in [6, 6.07) is 10.5. The number of rotatable bonds is 7. The molecule has 0 spiro atoms. The van der Waals surface area contributed by atoms with Gasteiger partial charge in [-0.1, -0.05) is 31.7 Å². The minimum Gasteiger partial charge on any atom is -0.423 e. The summed E-state index contributed by atoms with van der Waals surface area (Å²) in [4.78, 5) is 13.5. The monoisotopic (exact) mass is 451 g/mol. The zero-order valence-electron chi connectivity index (χ0n) is 17.9. The highest BCUT2D eigenvalue weighted by atomic mass is 32.2. The number of fused-ring (bicyclic) bond motifs is 1. The van der Waals surface area contributed by atoms with E-state index < -0.39 is 0 Å². The first-order chi connectivity index (χ1) is 15.0. The molecule has 0 radical (unpaired) electrons. The summed E-state index contributed by atoms with van der Waals surface area (Å²) >= 11 is 3.41. The molecule has 3 heterocycles. The molecule has 0 aliphatic heterocycles. The van der Waals surface area contributed by atoms with Crippen molar-refractivity contribution in [3.63, 3.8) is 0 Å². The molecule has 0 unspecified atom stereocenters. The van der Waals surface area contributed by atoms with Gasteiger partial charge in [0.05, 0.1) is 0 Å². The summed E-state index contributed by atoms with van der Waals surface area (Å²) < 4.78 is 7.82. The van der Waals surface area contributed by atoms with Crippen molar-refractivity contribution >= 4 is 34.1 Å². The quantitative estimate of drug-likeness (QED) is 0.251. The molecule has 3 aromatic heterocycles. The Morgan fingerprint density at radius 1 is 1.26 bits per heavy atom. The van der Waals surface area contributed by atoms with Gasteiger partial charge in [0.1, 0.15) is 11.4 Å². The first kappa shape index (κ1) is 20.5. The SMILES string of the molecule is Cc1cc2oc(=O)cc(CSc3nnc(Cc4cccs4)n3C3CC3)c2cc1C(C)C. The Morgan fingerprint density at radius 2 is 2.10 bits per heavy atom. The molecule has 160 valence electrons. The van der Waals surface area contributed by atoms with Gasteiger partial charge in [-0.05, 0) is 66.0 Å². The second-order valence-electron chi connectivity index (χ2n) is 8.50. The summed E-state index contributed by atoms with van der Waals surface area (Å²) in [5, 5.41) is 13.1. The normalized spacial score (nSPS) is 14.1. The van der Waals surface area contributed by atoms with E-state index in [4.69, 9.17) is 4.42 Å². The summed E-state index contributed by atoms with van der Waals surface area (Å²) in [6.45, 7) is 6.45. The molecule has 5 nitrogen and oxygen atoms in total. The number of thioether (sulfide) groups is 1. The van der Waals surface area contributed by atoms with Gasteiger partial charge in [-0.25, -0.2) is 4.79 Å². The van der Waals surface area contributed by atoms with Gasteiger partial charge in [-0.3, -0.25) is 0 Å². The van der Waals surface area contributed by atoms with E-state index >= 15 is 0 Å². The lowest BCUT2D eigenvalue weighted by Gasteiger charge is -2.13. The molecular formula is C24H25N3O2S2. The molecule has 1 fully saturated rings. The molecular weight excluding hydrogens is 426 g/mol. The summed E-state index contributed by atoms with van der Waals surface area (Å²) in [6.07, 6.45) is 3.17. The van der Waals surface area contributed by atoms with E-state index in [0.29, 0.717) is 23.3 Å². The van der Waals surface area contributed by atoms with Crippen molar-refractivity contribution in [3.8, 4) is 0 Å². The smallest absolute Gasteiger partial charge is 0.336 e. The van der Waals surface area contributed by atoms with Crippen LogP contribution in [0.2, 0.25) is 0 Å². The zero-order valence-corrected chi connectivity index (χ0v) is 19.6. The second kappa shape index (κ2) is 8.28. The molecule has 1 aromatic carbocycles. The van der Waals surface area contributed by atoms with E-state index in [2.05, 4.69) is 59.1 Å². The van der Waals surface area contributed by atoms with Crippen LogP contribution in [0.4, 0.5) is 0 Å². The lowest BCUT2D eigenvalue weighted by Crippen LogP contribution is -2.04. The average Bonchev–Trinajstić information content (AvgIpc) is 3.27. The van der Waals surface area contributed by atoms with Crippen LogP contribution in [0.3, 0.4) is 0 Å². The number of aryl methyl sites for hydroxylation is 1. The fourth-order valence-corrected chi connectivity index (χ4v) is 5.79. The Labute approximate surface area is 189 Å². The third-order valence-corrected chi connectivity index (χ3v) is 7.62. The first-order valence-electron chi connectivity index (χ1n) is 10.7. The fourth-order valence-electron chi connectivity index (χ4n) is 4.07. The predicted octanol–water partition coefficient (Wildman–Crippen LogP) is 6.10. The first-order valence-corrected chi connectivity index (χ1v) is 12.5. The van der Waals surface area contributed by atoms with E-state index in [1.165, 1.54) is 23.3 Å². The number of thiophene rings is 1. The van der Waals surface area contributed by atoms with Crippen molar-refractivity contribution in [1.29, 1.82) is 0 Å². The van der Waals surface area contributed by atoms with Gasteiger partial charge in [0.25, 0.3) is 0 Å². The van der Waals surface area contributed by atoms with Crippen LogP contribution in [0.25, 0.3) is 11.0 Å². The van der Waals surface area contributed by atoms with Gasteiger partial charge in [0, 0.05) is 34.5 Å². The lowest BCUT2D eigenvalue weighted by molar-refractivity contribution is 0.559. The maximum Gasteiger partial charge on any atom is 0.336 e. The molecule has 0 saturated heterocycles. The predicted molar refractivity (Wildman–Crippen MR) is 126 cm³/mol. The van der Waals surface area contributed by atoms with Crippen molar-refractivity contribution in [2.24, 2.45) is 0 Å². The average molecular weight is 452 g/mol. The fraction of sp³-hybridized carbons (Fsp3) is 0.375. The Kier molecular flexibility index (Phi) is 5.48. The van der Waals surface area contributed by atoms with Crippen molar-refractivity contribution in [2.45, 2.75) is 62.9 Å². The molecule has 1 aliphatic rings. The largest absolute Gasteiger partial charge is 0.423 e. The number of aromatic nitrogens is 3. The highest BCUT2D eigenvalue weighted by Crippen LogP contribution is 2.40. The van der Waals surface area contributed by atoms with Crippen LogP contribution >= 0.6 is 23.1 Å². The topological polar surface area (TPSA) is 60.9 Å². The van der Waals surface area contributed by atoms with Gasteiger partial charge >= 0.3 is 5.63 Å². The molecule has 31 heavy (non-hydrogen) atoms. The Morgan fingerprint density at radius 3 is 2.81 bits per heavy atom. The minimum atomic E-state index is -0.304. The zero-order chi connectivity index (χ0) is 21.5. The third kappa shape index (κ3) is 4.21. The molecule has 0 N–H and O–H groups in total. The third-order valence-electron chi connectivity index (χ3n) is 5.76. The Balaban J connectivity index is 1.47. The molecule has 0 atom stereocenters.